The minimum atomic E-state index is -3.54. The summed E-state index contributed by atoms with van der Waals surface area (Å²) in [5.41, 5.74) is 1.03. The molecule has 2 aromatic carbocycles. The largest absolute Gasteiger partial charge is 0.335 e. The minimum Gasteiger partial charge on any atom is -0.335 e. The first-order valence-corrected chi connectivity index (χ1v) is 9.44. The fourth-order valence-electron chi connectivity index (χ4n) is 2.98. The average Bonchev–Trinajstić information content (AvgIpc) is 2.56. The normalized spacial score (nSPS) is 22.9. The van der Waals surface area contributed by atoms with Gasteiger partial charge in [0.15, 0.2) is 0 Å². The molecule has 0 bridgehead atoms. The fourth-order valence-corrected chi connectivity index (χ4v) is 4.72. The molecule has 0 amide bonds. The number of halogens is 1. The van der Waals surface area contributed by atoms with Crippen LogP contribution in [-0.2, 0) is 10.0 Å². The van der Waals surface area contributed by atoms with Gasteiger partial charge >= 0.3 is 0 Å². The first-order valence-electron chi connectivity index (χ1n) is 7.62. The zero-order valence-corrected chi connectivity index (χ0v) is 14.5. The van der Waals surface area contributed by atoms with E-state index in [1.165, 1.54) is 4.90 Å². The van der Waals surface area contributed by atoms with E-state index >= 15 is 0 Å². The van der Waals surface area contributed by atoms with Crippen LogP contribution in [0.1, 0.15) is 11.6 Å². The van der Waals surface area contributed by atoms with E-state index in [4.69, 9.17) is 11.6 Å². The summed E-state index contributed by atoms with van der Waals surface area (Å²) in [6.45, 7) is 2.07. The van der Waals surface area contributed by atoms with Crippen LogP contribution in [0.2, 0.25) is 5.02 Å². The Morgan fingerprint density at radius 2 is 1.74 bits per heavy atom. The highest BCUT2D eigenvalue weighted by Gasteiger charge is 2.38. The zero-order chi connectivity index (χ0) is 16.4. The molecule has 1 heterocycles. The van der Waals surface area contributed by atoms with Crippen LogP contribution in [0.4, 0.5) is 0 Å². The topological polar surface area (TPSA) is 41.8 Å². The van der Waals surface area contributed by atoms with Crippen molar-refractivity contribution in [2.75, 3.05) is 26.7 Å². The highest BCUT2D eigenvalue weighted by Crippen LogP contribution is 2.28. The van der Waals surface area contributed by atoms with Crippen molar-refractivity contribution in [2.24, 2.45) is 0 Å². The molecule has 3 rings (SSSR count). The molecule has 2 atom stereocenters. The minimum absolute atomic E-state index is 0.148. The van der Waals surface area contributed by atoms with Crippen LogP contribution in [0, 0.1) is 0 Å². The number of sulfonamides is 1. The maximum Gasteiger partial charge on any atom is 0.244 e. The van der Waals surface area contributed by atoms with E-state index in [0.29, 0.717) is 16.5 Å². The summed E-state index contributed by atoms with van der Waals surface area (Å²) in [7, 11) is -1.44. The molecule has 0 radical (unpaired) electrons. The molecule has 0 aromatic heterocycles. The summed E-state index contributed by atoms with van der Waals surface area (Å²) >= 11 is 5.88. The van der Waals surface area contributed by atoms with E-state index in [1.807, 2.05) is 30.3 Å². The number of benzene rings is 2. The molecular formula is C17H20ClN2O2S+. The van der Waals surface area contributed by atoms with E-state index in [2.05, 4.69) is 7.05 Å². The first-order chi connectivity index (χ1) is 11.0. The predicted molar refractivity (Wildman–Crippen MR) is 91.1 cm³/mol. The van der Waals surface area contributed by atoms with Gasteiger partial charge in [-0.2, -0.15) is 4.31 Å². The van der Waals surface area contributed by atoms with E-state index in [-0.39, 0.29) is 6.04 Å². The monoisotopic (exact) mass is 351 g/mol. The van der Waals surface area contributed by atoms with Crippen LogP contribution in [0.15, 0.2) is 59.5 Å². The molecule has 1 aliphatic rings. The second-order valence-corrected chi connectivity index (χ2v) is 8.23. The standard InChI is InChI=1S/C17H19ClN2O2S/c1-19-11-12-20(17(13-19)14-5-3-2-4-6-14)23(21,22)16-9-7-15(18)8-10-16/h2-10,17H,11-13H2,1H3/p+1/t17-/m0/s1. The average molecular weight is 352 g/mol. The van der Waals surface area contributed by atoms with Gasteiger partial charge in [-0.25, -0.2) is 8.42 Å². The third-order valence-electron chi connectivity index (χ3n) is 4.25. The predicted octanol–water partition coefficient (Wildman–Crippen LogP) is 1.60. The summed E-state index contributed by atoms with van der Waals surface area (Å²) in [4.78, 5) is 1.63. The molecule has 2 aromatic rings. The number of nitrogens with zero attached hydrogens (tertiary/aromatic N) is 1. The second kappa shape index (κ2) is 6.61. The van der Waals surface area contributed by atoms with Crippen LogP contribution in [0.25, 0.3) is 0 Å². The molecular weight excluding hydrogens is 332 g/mol. The number of hydrogen-bond donors (Lipinski definition) is 1. The smallest absolute Gasteiger partial charge is 0.244 e. The van der Waals surface area contributed by atoms with Crippen LogP contribution in [0.5, 0.6) is 0 Å². The Balaban J connectivity index is 1.99. The Bertz CT molecular complexity index is 763. The highest BCUT2D eigenvalue weighted by atomic mass is 35.5. The van der Waals surface area contributed by atoms with Gasteiger partial charge in [0.05, 0.1) is 37.6 Å². The molecule has 0 aliphatic carbocycles. The lowest BCUT2D eigenvalue weighted by Crippen LogP contribution is -3.12. The van der Waals surface area contributed by atoms with Gasteiger partial charge in [0, 0.05) is 5.02 Å². The summed E-state index contributed by atoms with van der Waals surface area (Å²) in [6, 6.07) is 16.1. The molecule has 1 aliphatic heterocycles. The summed E-state index contributed by atoms with van der Waals surface area (Å²) in [5.74, 6) is 0. The van der Waals surface area contributed by atoms with E-state index < -0.39 is 10.0 Å². The molecule has 6 heteroatoms. The lowest BCUT2D eigenvalue weighted by molar-refractivity contribution is -0.887. The molecule has 23 heavy (non-hydrogen) atoms. The number of hydrogen-bond acceptors (Lipinski definition) is 2. The van der Waals surface area contributed by atoms with Crippen molar-refractivity contribution >= 4 is 21.6 Å². The molecule has 122 valence electrons. The second-order valence-electron chi connectivity index (χ2n) is 5.91. The summed E-state index contributed by atoms with van der Waals surface area (Å²) in [5, 5.41) is 0.534. The van der Waals surface area contributed by atoms with Crippen molar-refractivity contribution in [1.29, 1.82) is 0 Å². The Kier molecular flexibility index (Phi) is 4.73. The summed E-state index contributed by atoms with van der Waals surface area (Å²) < 4.78 is 27.7. The van der Waals surface area contributed by atoms with Crippen molar-refractivity contribution in [2.45, 2.75) is 10.9 Å². The van der Waals surface area contributed by atoms with Gasteiger partial charge in [0.1, 0.15) is 0 Å². The number of nitrogens with one attached hydrogen (secondary N) is 1. The van der Waals surface area contributed by atoms with Gasteiger partial charge in [-0.3, -0.25) is 0 Å². The van der Waals surface area contributed by atoms with Gasteiger partial charge in [-0.05, 0) is 29.8 Å². The molecule has 1 fully saturated rings. The first kappa shape index (κ1) is 16.5. The Morgan fingerprint density at radius 3 is 2.39 bits per heavy atom. The molecule has 0 saturated carbocycles. The van der Waals surface area contributed by atoms with Crippen LogP contribution in [0.3, 0.4) is 0 Å². The van der Waals surface area contributed by atoms with Crippen molar-refractivity contribution in [3.8, 4) is 0 Å². The van der Waals surface area contributed by atoms with Gasteiger partial charge in [0.2, 0.25) is 10.0 Å². The SMILES string of the molecule is C[NH+]1CCN(S(=O)(=O)c2ccc(Cl)cc2)[C@H](c2ccccc2)C1. The number of likely N-dealkylation sites (N-methyl/N-ethyl adjacent to an activating group) is 1. The third kappa shape index (κ3) is 3.43. The zero-order valence-electron chi connectivity index (χ0n) is 12.9. The molecule has 0 spiro atoms. The third-order valence-corrected chi connectivity index (χ3v) is 6.43. The van der Waals surface area contributed by atoms with Gasteiger partial charge in [-0.1, -0.05) is 41.9 Å². The fraction of sp³-hybridized carbons (Fsp3) is 0.294. The van der Waals surface area contributed by atoms with Gasteiger partial charge in [-0.15, -0.1) is 0 Å². The molecule has 1 N–H and O–H groups in total. The molecule has 4 nitrogen and oxygen atoms in total. The van der Waals surface area contributed by atoms with Crippen LogP contribution in [-0.4, -0.2) is 39.4 Å². The Hall–Kier alpha value is -1.40. The maximum absolute atomic E-state index is 13.1. The number of quaternary nitrogens is 1. The van der Waals surface area contributed by atoms with Crippen molar-refractivity contribution in [3.63, 3.8) is 0 Å². The van der Waals surface area contributed by atoms with Gasteiger partial charge < -0.3 is 4.90 Å². The van der Waals surface area contributed by atoms with Crippen molar-refractivity contribution < 1.29 is 13.3 Å². The molecule has 1 saturated heterocycles. The number of piperazine rings is 1. The summed E-state index contributed by atoms with van der Waals surface area (Å²) in [6.07, 6.45) is 0. The van der Waals surface area contributed by atoms with E-state index in [1.54, 1.807) is 28.6 Å². The molecule has 1 unspecified atom stereocenters. The van der Waals surface area contributed by atoms with Crippen molar-refractivity contribution in [1.82, 2.24) is 4.31 Å². The highest BCUT2D eigenvalue weighted by molar-refractivity contribution is 7.89. The quantitative estimate of drug-likeness (QED) is 0.912. The van der Waals surface area contributed by atoms with Crippen LogP contribution < -0.4 is 4.90 Å². The lowest BCUT2D eigenvalue weighted by atomic mass is 10.1. The van der Waals surface area contributed by atoms with Gasteiger partial charge in [0.25, 0.3) is 0 Å². The van der Waals surface area contributed by atoms with Crippen LogP contribution >= 0.6 is 11.6 Å². The maximum atomic E-state index is 13.1. The lowest BCUT2D eigenvalue weighted by Gasteiger charge is -2.37. The van der Waals surface area contributed by atoms with E-state index in [0.717, 1.165) is 18.7 Å². The number of rotatable bonds is 3. The Labute approximate surface area is 142 Å². The van der Waals surface area contributed by atoms with E-state index in [9.17, 15) is 8.42 Å². The Morgan fingerprint density at radius 1 is 1.09 bits per heavy atom. The van der Waals surface area contributed by atoms with Crippen molar-refractivity contribution in [3.05, 3.63) is 65.2 Å².